The molecule has 3 rings (SSSR count). The topological polar surface area (TPSA) is 76.1 Å². The summed E-state index contributed by atoms with van der Waals surface area (Å²) in [6.45, 7) is 2.08. The van der Waals surface area contributed by atoms with E-state index in [4.69, 9.17) is 11.5 Å². The predicted molar refractivity (Wildman–Crippen MR) is 99.5 cm³/mol. The lowest BCUT2D eigenvalue weighted by Crippen LogP contribution is -1.96. The normalized spacial score (nSPS) is 10.3. The second-order valence-electron chi connectivity index (χ2n) is 5.52. The van der Waals surface area contributed by atoms with Gasteiger partial charge in [0.2, 0.25) is 0 Å². The van der Waals surface area contributed by atoms with E-state index in [0.717, 1.165) is 34.1 Å². The van der Waals surface area contributed by atoms with Crippen LogP contribution in [0.15, 0.2) is 66.7 Å². The van der Waals surface area contributed by atoms with Crippen molar-refractivity contribution >= 4 is 34.1 Å². The van der Waals surface area contributed by atoms with Gasteiger partial charge in [0.05, 0.1) is 0 Å². The minimum Gasteiger partial charge on any atom is -0.399 e. The molecule has 0 spiro atoms. The van der Waals surface area contributed by atoms with Crippen LogP contribution in [0.1, 0.15) is 5.56 Å². The van der Waals surface area contributed by atoms with Crippen LogP contribution >= 0.6 is 0 Å². The van der Waals surface area contributed by atoms with E-state index >= 15 is 0 Å². The van der Waals surface area contributed by atoms with Crippen LogP contribution in [0.2, 0.25) is 0 Å². The first kappa shape index (κ1) is 14.8. The van der Waals surface area contributed by atoms with E-state index in [1.807, 2.05) is 48.5 Å². The van der Waals surface area contributed by atoms with E-state index in [9.17, 15) is 0 Å². The number of rotatable bonds is 4. The minimum atomic E-state index is 0.755. The molecular weight excluding hydrogens is 284 g/mol. The molecule has 0 aliphatic carbocycles. The number of nitrogens with one attached hydrogen (secondary N) is 2. The zero-order valence-electron chi connectivity index (χ0n) is 13.0. The molecule has 6 N–H and O–H groups in total. The van der Waals surface area contributed by atoms with Gasteiger partial charge in [-0.05, 0) is 73.2 Å². The molecule has 0 fully saturated rings. The van der Waals surface area contributed by atoms with E-state index in [2.05, 4.69) is 35.8 Å². The first-order chi connectivity index (χ1) is 11.1. The predicted octanol–water partition coefficient (Wildman–Crippen LogP) is 4.65. The highest BCUT2D eigenvalue weighted by Gasteiger charge is 2.02. The van der Waals surface area contributed by atoms with E-state index in [1.54, 1.807) is 0 Å². The number of benzene rings is 3. The summed E-state index contributed by atoms with van der Waals surface area (Å²) in [7, 11) is 0. The second-order valence-corrected chi connectivity index (χ2v) is 5.52. The highest BCUT2D eigenvalue weighted by atomic mass is 14.9. The fourth-order valence-electron chi connectivity index (χ4n) is 2.29. The fraction of sp³-hybridized carbons (Fsp3) is 0.0526. The largest absolute Gasteiger partial charge is 0.399 e. The standard InChI is InChI=1S/C19H20N4/c1-13-2-7-18(22-16-8-3-14(20)4-9-16)12-19(13)23-17-10-5-15(21)6-11-17/h2-12,22-23H,20-21H2,1H3. The molecule has 116 valence electrons. The van der Waals surface area contributed by atoms with Gasteiger partial charge in [-0.15, -0.1) is 0 Å². The van der Waals surface area contributed by atoms with Gasteiger partial charge < -0.3 is 22.1 Å². The highest BCUT2D eigenvalue weighted by molar-refractivity contribution is 5.71. The molecule has 0 atom stereocenters. The maximum atomic E-state index is 5.72. The molecule has 0 unspecified atom stereocenters. The third-order valence-electron chi connectivity index (χ3n) is 3.63. The third kappa shape index (κ3) is 3.74. The van der Waals surface area contributed by atoms with E-state index in [0.29, 0.717) is 0 Å². The van der Waals surface area contributed by atoms with E-state index in [-0.39, 0.29) is 0 Å². The molecule has 3 aromatic rings. The van der Waals surface area contributed by atoms with Crippen LogP contribution in [0.5, 0.6) is 0 Å². The molecule has 4 nitrogen and oxygen atoms in total. The summed E-state index contributed by atoms with van der Waals surface area (Å²) in [6, 6.07) is 21.6. The molecule has 0 aliphatic heterocycles. The van der Waals surface area contributed by atoms with Gasteiger partial charge in [-0.1, -0.05) is 6.07 Å². The SMILES string of the molecule is Cc1ccc(Nc2ccc(N)cc2)cc1Nc1ccc(N)cc1. The number of aryl methyl sites for hydroxylation is 1. The van der Waals surface area contributed by atoms with Crippen LogP contribution < -0.4 is 22.1 Å². The minimum absolute atomic E-state index is 0.755. The average molecular weight is 304 g/mol. The Bertz CT molecular complexity index is 793. The lowest BCUT2D eigenvalue weighted by atomic mass is 10.1. The van der Waals surface area contributed by atoms with Crippen LogP contribution in [-0.2, 0) is 0 Å². The maximum Gasteiger partial charge on any atom is 0.0434 e. The molecule has 0 aliphatic rings. The first-order valence-corrected chi connectivity index (χ1v) is 7.46. The Kier molecular flexibility index (Phi) is 4.06. The van der Waals surface area contributed by atoms with Crippen molar-refractivity contribution < 1.29 is 0 Å². The molecule has 3 aromatic carbocycles. The summed E-state index contributed by atoms with van der Waals surface area (Å²) in [5, 5.41) is 6.80. The Morgan fingerprint density at radius 1 is 0.609 bits per heavy atom. The van der Waals surface area contributed by atoms with Crippen molar-refractivity contribution in [3.05, 3.63) is 72.3 Å². The Balaban J connectivity index is 1.81. The molecule has 0 heterocycles. The summed E-state index contributed by atoms with van der Waals surface area (Å²) in [6.07, 6.45) is 0. The summed E-state index contributed by atoms with van der Waals surface area (Å²) in [5.74, 6) is 0. The molecule has 0 saturated heterocycles. The van der Waals surface area contributed by atoms with E-state index in [1.165, 1.54) is 5.56 Å². The number of anilines is 6. The van der Waals surface area contributed by atoms with Crippen molar-refractivity contribution in [3.63, 3.8) is 0 Å². The summed E-state index contributed by atoms with van der Waals surface area (Å²) < 4.78 is 0. The van der Waals surface area contributed by atoms with E-state index < -0.39 is 0 Å². The van der Waals surface area contributed by atoms with Gasteiger partial charge in [0.1, 0.15) is 0 Å². The van der Waals surface area contributed by atoms with Gasteiger partial charge in [-0.3, -0.25) is 0 Å². The van der Waals surface area contributed by atoms with Gasteiger partial charge in [-0.2, -0.15) is 0 Å². The highest BCUT2D eigenvalue weighted by Crippen LogP contribution is 2.26. The average Bonchev–Trinajstić information content (AvgIpc) is 2.55. The lowest BCUT2D eigenvalue weighted by Gasteiger charge is -2.13. The van der Waals surface area contributed by atoms with Crippen LogP contribution in [0.3, 0.4) is 0 Å². The zero-order valence-corrected chi connectivity index (χ0v) is 13.0. The number of nitrogens with two attached hydrogens (primary N) is 2. The van der Waals surface area contributed by atoms with Gasteiger partial charge >= 0.3 is 0 Å². The quantitative estimate of drug-likeness (QED) is 0.529. The van der Waals surface area contributed by atoms with Crippen molar-refractivity contribution in [2.24, 2.45) is 0 Å². The van der Waals surface area contributed by atoms with Crippen LogP contribution in [0, 0.1) is 6.92 Å². The monoisotopic (exact) mass is 304 g/mol. The summed E-state index contributed by atoms with van der Waals surface area (Å²) >= 11 is 0. The van der Waals surface area contributed by atoms with Gasteiger partial charge in [0, 0.05) is 34.1 Å². The van der Waals surface area contributed by atoms with Crippen LogP contribution in [-0.4, -0.2) is 0 Å². The van der Waals surface area contributed by atoms with Gasteiger partial charge in [0.15, 0.2) is 0 Å². The van der Waals surface area contributed by atoms with Crippen molar-refractivity contribution in [1.82, 2.24) is 0 Å². The van der Waals surface area contributed by atoms with Crippen LogP contribution in [0.4, 0.5) is 34.1 Å². The van der Waals surface area contributed by atoms with Crippen molar-refractivity contribution in [3.8, 4) is 0 Å². The number of nitrogen functional groups attached to an aromatic ring is 2. The third-order valence-corrected chi connectivity index (χ3v) is 3.63. The zero-order chi connectivity index (χ0) is 16.2. The molecule has 0 aromatic heterocycles. The molecule has 4 heteroatoms. The number of hydrogen-bond donors (Lipinski definition) is 4. The Hall–Kier alpha value is -3.14. The summed E-state index contributed by atoms with van der Waals surface area (Å²) in [5.41, 5.74) is 18.2. The Labute approximate surface area is 136 Å². The first-order valence-electron chi connectivity index (χ1n) is 7.46. The molecule has 0 radical (unpaired) electrons. The van der Waals surface area contributed by atoms with Crippen molar-refractivity contribution in [2.75, 3.05) is 22.1 Å². The molecule has 0 saturated carbocycles. The maximum absolute atomic E-state index is 5.72. The second kappa shape index (κ2) is 6.32. The summed E-state index contributed by atoms with van der Waals surface area (Å²) in [4.78, 5) is 0. The fourth-order valence-corrected chi connectivity index (χ4v) is 2.29. The van der Waals surface area contributed by atoms with Crippen molar-refractivity contribution in [1.29, 1.82) is 0 Å². The molecule has 23 heavy (non-hydrogen) atoms. The molecule has 0 amide bonds. The Morgan fingerprint density at radius 2 is 1.09 bits per heavy atom. The molecule has 0 bridgehead atoms. The van der Waals surface area contributed by atoms with Crippen LogP contribution in [0.25, 0.3) is 0 Å². The number of hydrogen-bond acceptors (Lipinski definition) is 4. The molecular formula is C19H20N4. The smallest absolute Gasteiger partial charge is 0.0434 e. The van der Waals surface area contributed by atoms with Gasteiger partial charge in [0.25, 0.3) is 0 Å². The van der Waals surface area contributed by atoms with Gasteiger partial charge in [-0.25, -0.2) is 0 Å². The Morgan fingerprint density at radius 3 is 1.65 bits per heavy atom. The van der Waals surface area contributed by atoms with Crippen molar-refractivity contribution in [2.45, 2.75) is 6.92 Å². The lowest BCUT2D eigenvalue weighted by molar-refractivity contribution is 1.42.